The zero-order chi connectivity index (χ0) is 20.7. The minimum Gasteiger partial charge on any atom is -0.345 e. The second kappa shape index (κ2) is 7.54. The fourth-order valence-electron chi connectivity index (χ4n) is 4.32. The monoisotopic (exact) mass is 399 g/mol. The molecule has 0 aliphatic carbocycles. The molecule has 3 aromatic heterocycles. The van der Waals surface area contributed by atoms with Gasteiger partial charge in [-0.1, -0.05) is 24.3 Å². The minimum absolute atomic E-state index is 0.0447. The van der Waals surface area contributed by atoms with Crippen LogP contribution in [-0.4, -0.2) is 31.0 Å². The topological polar surface area (TPSA) is 66.8 Å². The molecule has 6 nitrogen and oxygen atoms in total. The molecule has 4 aromatic rings. The molecular formula is C24H25N5O. The van der Waals surface area contributed by atoms with Crippen LogP contribution in [0.3, 0.4) is 0 Å². The standard InChI is InChI=1S/C24H25N5O/c1-16(2)29-14-17(18-7-3-4-9-22(18)29)13-28-12-10-19-21(15-28)26-23(27-24(19)30)20-8-5-6-11-25-20/h3-9,11,14,16H,10,12-13,15H2,1-2H3,(H,26,27,30). The maximum atomic E-state index is 12.6. The lowest BCUT2D eigenvalue weighted by atomic mass is 10.1. The van der Waals surface area contributed by atoms with Crippen molar-refractivity contribution in [1.82, 2.24) is 24.4 Å². The molecule has 0 saturated heterocycles. The Morgan fingerprint density at radius 3 is 2.77 bits per heavy atom. The Morgan fingerprint density at radius 2 is 1.97 bits per heavy atom. The van der Waals surface area contributed by atoms with Crippen molar-refractivity contribution < 1.29 is 0 Å². The van der Waals surface area contributed by atoms with Crippen molar-refractivity contribution in [2.24, 2.45) is 0 Å². The molecule has 0 fully saturated rings. The van der Waals surface area contributed by atoms with Gasteiger partial charge in [0.05, 0.1) is 5.69 Å². The maximum Gasteiger partial charge on any atom is 0.254 e. The number of hydrogen-bond acceptors (Lipinski definition) is 4. The van der Waals surface area contributed by atoms with E-state index in [1.807, 2.05) is 18.2 Å². The second-order valence-corrected chi connectivity index (χ2v) is 8.19. The highest BCUT2D eigenvalue weighted by Crippen LogP contribution is 2.27. The third-order valence-corrected chi connectivity index (χ3v) is 5.83. The molecule has 0 radical (unpaired) electrons. The molecule has 1 aliphatic rings. The molecular weight excluding hydrogens is 374 g/mol. The van der Waals surface area contributed by atoms with E-state index in [0.717, 1.165) is 24.3 Å². The summed E-state index contributed by atoms with van der Waals surface area (Å²) in [6.45, 7) is 6.78. The van der Waals surface area contributed by atoms with Crippen LogP contribution >= 0.6 is 0 Å². The number of H-pyrrole nitrogens is 1. The summed E-state index contributed by atoms with van der Waals surface area (Å²) in [6, 6.07) is 14.6. The van der Waals surface area contributed by atoms with E-state index in [9.17, 15) is 4.79 Å². The molecule has 0 spiro atoms. The summed E-state index contributed by atoms with van der Waals surface area (Å²) in [5.41, 5.74) is 4.89. The van der Waals surface area contributed by atoms with E-state index in [4.69, 9.17) is 4.98 Å². The second-order valence-electron chi connectivity index (χ2n) is 8.19. The number of benzene rings is 1. The van der Waals surface area contributed by atoms with Crippen molar-refractivity contribution >= 4 is 10.9 Å². The first-order valence-corrected chi connectivity index (χ1v) is 10.4. The van der Waals surface area contributed by atoms with E-state index in [1.165, 1.54) is 16.5 Å². The summed E-state index contributed by atoms with van der Waals surface area (Å²) in [4.78, 5) is 27.0. The molecule has 1 N–H and O–H groups in total. The molecule has 1 aromatic carbocycles. The fraction of sp³-hybridized carbons (Fsp3) is 0.292. The fourth-order valence-corrected chi connectivity index (χ4v) is 4.32. The van der Waals surface area contributed by atoms with Gasteiger partial charge >= 0.3 is 0 Å². The van der Waals surface area contributed by atoms with Crippen LogP contribution in [-0.2, 0) is 19.5 Å². The Bertz CT molecular complexity index is 1260. The number of pyridine rings is 1. The Balaban J connectivity index is 1.46. The molecule has 4 heterocycles. The molecule has 0 amide bonds. The smallest absolute Gasteiger partial charge is 0.254 e. The van der Waals surface area contributed by atoms with Gasteiger partial charge in [0.2, 0.25) is 0 Å². The van der Waals surface area contributed by atoms with Gasteiger partial charge in [0.15, 0.2) is 5.82 Å². The predicted molar refractivity (Wildman–Crippen MR) is 118 cm³/mol. The van der Waals surface area contributed by atoms with Gasteiger partial charge in [0.25, 0.3) is 5.56 Å². The zero-order valence-electron chi connectivity index (χ0n) is 17.3. The van der Waals surface area contributed by atoms with Gasteiger partial charge in [-0.25, -0.2) is 4.98 Å². The summed E-state index contributed by atoms with van der Waals surface area (Å²) in [7, 11) is 0. The molecule has 0 saturated carbocycles. The average molecular weight is 399 g/mol. The number of nitrogens with zero attached hydrogens (tertiary/aromatic N) is 4. The van der Waals surface area contributed by atoms with Gasteiger partial charge in [-0.2, -0.15) is 0 Å². The molecule has 152 valence electrons. The van der Waals surface area contributed by atoms with E-state index in [-0.39, 0.29) is 5.56 Å². The molecule has 5 rings (SSSR count). The molecule has 0 atom stereocenters. The Morgan fingerprint density at radius 1 is 1.13 bits per heavy atom. The first kappa shape index (κ1) is 18.8. The number of aromatic nitrogens is 4. The van der Waals surface area contributed by atoms with Gasteiger partial charge < -0.3 is 9.55 Å². The van der Waals surface area contributed by atoms with Crippen LogP contribution in [0.15, 0.2) is 59.7 Å². The van der Waals surface area contributed by atoms with E-state index in [0.29, 0.717) is 30.5 Å². The summed E-state index contributed by atoms with van der Waals surface area (Å²) >= 11 is 0. The number of hydrogen-bond donors (Lipinski definition) is 1. The number of fused-ring (bicyclic) bond motifs is 2. The Kier molecular flexibility index (Phi) is 4.71. The van der Waals surface area contributed by atoms with E-state index in [2.05, 4.69) is 63.7 Å². The van der Waals surface area contributed by atoms with Crippen molar-refractivity contribution in [1.29, 1.82) is 0 Å². The van der Waals surface area contributed by atoms with Crippen LogP contribution < -0.4 is 5.56 Å². The van der Waals surface area contributed by atoms with Crippen LogP contribution in [0.5, 0.6) is 0 Å². The molecule has 0 bridgehead atoms. The highest BCUT2D eigenvalue weighted by molar-refractivity contribution is 5.84. The van der Waals surface area contributed by atoms with Crippen molar-refractivity contribution in [2.75, 3.05) is 6.54 Å². The highest BCUT2D eigenvalue weighted by Gasteiger charge is 2.23. The first-order chi connectivity index (χ1) is 14.6. The van der Waals surface area contributed by atoms with Crippen LogP contribution in [0.25, 0.3) is 22.4 Å². The lowest BCUT2D eigenvalue weighted by Gasteiger charge is -2.27. The Labute approximate surface area is 175 Å². The third kappa shape index (κ3) is 3.33. The molecule has 0 unspecified atom stereocenters. The number of rotatable bonds is 4. The van der Waals surface area contributed by atoms with Crippen LogP contribution in [0.2, 0.25) is 0 Å². The predicted octanol–water partition coefficient (Wildman–Crippen LogP) is 3.93. The van der Waals surface area contributed by atoms with E-state index < -0.39 is 0 Å². The van der Waals surface area contributed by atoms with Gasteiger partial charge in [-0.3, -0.25) is 14.7 Å². The number of aromatic amines is 1. The van der Waals surface area contributed by atoms with Crippen LogP contribution in [0, 0.1) is 0 Å². The lowest BCUT2D eigenvalue weighted by Crippen LogP contribution is -2.35. The normalized spacial score (nSPS) is 14.4. The van der Waals surface area contributed by atoms with Gasteiger partial charge in [-0.05, 0) is 44.0 Å². The summed E-state index contributed by atoms with van der Waals surface area (Å²) in [5, 5.41) is 1.30. The minimum atomic E-state index is -0.0447. The van der Waals surface area contributed by atoms with Gasteiger partial charge in [-0.15, -0.1) is 0 Å². The summed E-state index contributed by atoms with van der Waals surface area (Å²) in [6.07, 6.45) is 4.70. The quantitative estimate of drug-likeness (QED) is 0.565. The van der Waals surface area contributed by atoms with Crippen LogP contribution in [0.4, 0.5) is 0 Å². The third-order valence-electron chi connectivity index (χ3n) is 5.83. The molecule has 6 heteroatoms. The summed E-state index contributed by atoms with van der Waals surface area (Å²) < 4.78 is 2.34. The maximum absolute atomic E-state index is 12.6. The van der Waals surface area contributed by atoms with Gasteiger partial charge in [0, 0.05) is 54.5 Å². The SMILES string of the molecule is CC(C)n1cc(CN2CCc3c(nc(-c4ccccn4)[nH]c3=O)C2)c2ccccc21. The van der Waals surface area contributed by atoms with Crippen molar-refractivity contribution in [3.63, 3.8) is 0 Å². The lowest BCUT2D eigenvalue weighted by molar-refractivity contribution is 0.241. The molecule has 30 heavy (non-hydrogen) atoms. The average Bonchev–Trinajstić information content (AvgIpc) is 3.13. The zero-order valence-corrected chi connectivity index (χ0v) is 17.3. The van der Waals surface area contributed by atoms with E-state index in [1.54, 1.807) is 6.20 Å². The van der Waals surface area contributed by atoms with Crippen molar-refractivity contribution in [2.45, 2.75) is 39.4 Å². The first-order valence-electron chi connectivity index (χ1n) is 10.4. The highest BCUT2D eigenvalue weighted by atomic mass is 16.1. The molecule has 1 aliphatic heterocycles. The number of para-hydroxylation sites is 1. The van der Waals surface area contributed by atoms with Gasteiger partial charge in [0.1, 0.15) is 5.69 Å². The van der Waals surface area contributed by atoms with Crippen molar-refractivity contribution in [3.8, 4) is 11.5 Å². The van der Waals surface area contributed by atoms with Crippen LogP contribution in [0.1, 0.15) is 36.7 Å². The Hall–Kier alpha value is -3.25. The van der Waals surface area contributed by atoms with E-state index >= 15 is 0 Å². The largest absolute Gasteiger partial charge is 0.345 e. The summed E-state index contributed by atoms with van der Waals surface area (Å²) in [5.74, 6) is 0.539. The number of nitrogens with one attached hydrogen (secondary N) is 1. The van der Waals surface area contributed by atoms with Crippen molar-refractivity contribution in [3.05, 3.63) is 82.0 Å².